The third-order valence-corrected chi connectivity index (χ3v) is 9.95. The van der Waals surface area contributed by atoms with Crippen LogP contribution in [-0.2, 0) is 85.3 Å². The highest BCUT2D eigenvalue weighted by atomic mass is 16.7. The van der Waals surface area contributed by atoms with E-state index in [0.717, 1.165) is 37.2 Å². The third kappa shape index (κ3) is 10.1. The summed E-state index contributed by atoms with van der Waals surface area (Å²) in [7, 11) is 0. The van der Waals surface area contributed by atoms with Crippen LogP contribution in [0.25, 0.3) is 22.3 Å². The van der Waals surface area contributed by atoms with Crippen molar-refractivity contribution in [1.29, 1.82) is 0 Å². The van der Waals surface area contributed by atoms with Crippen LogP contribution in [0.15, 0.2) is 41.2 Å². The van der Waals surface area contributed by atoms with E-state index in [2.05, 4.69) is 5.32 Å². The molecular weight excluding hydrogens is 808 g/mol. The first-order valence-electron chi connectivity index (χ1n) is 19.4. The molecule has 6 atom stereocenters. The second kappa shape index (κ2) is 19.5. The van der Waals surface area contributed by atoms with E-state index < -0.39 is 79.0 Å². The maximum atomic E-state index is 13.8. The number of primary amides is 1. The summed E-state index contributed by atoms with van der Waals surface area (Å²) in [5, 5.41) is 3.49. The molecule has 0 unspecified atom stereocenters. The number of esters is 4. The molecule has 1 aromatic carbocycles. The molecule has 21 heteroatoms. The predicted octanol–water partition coefficient (Wildman–Crippen LogP) is 1.48. The van der Waals surface area contributed by atoms with Gasteiger partial charge in [0.2, 0.25) is 5.60 Å². The van der Waals surface area contributed by atoms with Gasteiger partial charge in [-0.2, -0.15) is 0 Å². The highest BCUT2D eigenvalue weighted by Gasteiger charge is 2.53. The van der Waals surface area contributed by atoms with E-state index >= 15 is 0 Å². The number of rotatable bonds is 17. The second-order valence-corrected chi connectivity index (χ2v) is 14.1. The number of fused-ring (bicyclic) bond motifs is 5. The van der Waals surface area contributed by atoms with Gasteiger partial charge in [-0.15, -0.1) is 0 Å². The van der Waals surface area contributed by atoms with Crippen molar-refractivity contribution in [2.24, 2.45) is 5.73 Å². The van der Waals surface area contributed by atoms with Crippen molar-refractivity contribution >= 4 is 47.0 Å². The smallest absolute Gasteiger partial charge is 0.408 e. The summed E-state index contributed by atoms with van der Waals surface area (Å²) in [6, 6.07) is 11.3. The lowest BCUT2D eigenvalue weighted by atomic mass is 9.85. The molecule has 3 aromatic rings. The summed E-state index contributed by atoms with van der Waals surface area (Å²) in [6.45, 7) is 4.62. The Bertz CT molecular complexity index is 2230. The summed E-state index contributed by atoms with van der Waals surface area (Å²) in [5.74, 6) is -3.07. The Kier molecular flexibility index (Phi) is 14.2. The molecule has 1 fully saturated rings. The van der Waals surface area contributed by atoms with Crippen molar-refractivity contribution in [2.75, 3.05) is 46.2 Å². The number of cyclic esters (lactones) is 1. The van der Waals surface area contributed by atoms with Gasteiger partial charge >= 0.3 is 36.1 Å². The number of nitrogens with zero attached hydrogens (tertiary/aromatic N) is 2. The Balaban J connectivity index is 0.981. The first-order chi connectivity index (χ1) is 29.2. The number of pyridine rings is 2. The lowest BCUT2D eigenvalue weighted by Gasteiger charge is -2.43. The van der Waals surface area contributed by atoms with Gasteiger partial charge in [-0.25, -0.2) is 19.4 Å². The average molecular weight is 855 g/mol. The molecule has 21 nitrogen and oxygen atoms in total. The van der Waals surface area contributed by atoms with Crippen LogP contribution in [-0.4, -0.2) is 123 Å². The molecule has 1 saturated heterocycles. The molecule has 0 bridgehead atoms. The van der Waals surface area contributed by atoms with Gasteiger partial charge < -0.3 is 63.0 Å². The van der Waals surface area contributed by atoms with Crippen molar-refractivity contribution in [2.45, 2.75) is 83.6 Å². The van der Waals surface area contributed by atoms with Crippen LogP contribution in [0.5, 0.6) is 0 Å². The molecule has 0 spiro atoms. The molecule has 328 valence electrons. The molecule has 3 aliphatic heterocycles. The summed E-state index contributed by atoms with van der Waals surface area (Å²) in [6.07, 6.45) is -9.16. The fourth-order valence-corrected chi connectivity index (χ4v) is 7.31. The Morgan fingerprint density at radius 3 is 2.31 bits per heavy atom. The maximum Gasteiger partial charge on any atom is 0.408 e. The predicted molar refractivity (Wildman–Crippen MR) is 205 cm³/mol. The summed E-state index contributed by atoms with van der Waals surface area (Å²) >= 11 is 0. The topological polar surface area (TPSA) is 268 Å². The molecule has 2 aromatic heterocycles. The van der Waals surface area contributed by atoms with Crippen LogP contribution >= 0.6 is 0 Å². The number of alkyl carbamates (subject to hydrolysis) is 1. The SMILES string of the molecule is CC[C@@]1(OC(=O)NCCOCCOCCO[C@@H]2O[C@H](COC(C)=O)[C@@H](OC(C)=O)[C@H](OC(N)=O)[C@@H]2OC(C)=O)C(=O)OCc2c1cc1n(c2=O)Cc2cc3ccccc3nc2-1. The lowest BCUT2D eigenvalue weighted by molar-refractivity contribution is -0.306. The Hall–Kier alpha value is -6.16. The number of nitrogens with two attached hydrogens (primary N) is 1. The molecule has 6 rings (SSSR count). The zero-order chi connectivity index (χ0) is 43.8. The van der Waals surface area contributed by atoms with Gasteiger partial charge in [-0.1, -0.05) is 25.1 Å². The number of hydrogen-bond donors (Lipinski definition) is 2. The van der Waals surface area contributed by atoms with Gasteiger partial charge in [-0.3, -0.25) is 19.2 Å². The molecule has 3 N–H and O–H groups in total. The van der Waals surface area contributed by atoms with E-state index in [0.29, 0.717) is 17.9 Å². The second-order valence-electron chi connectivity index (χ2n) is 14.1. The molecule has 2 amide bonds. The van der Waals surface area contributed by atoms with Gasteiger partial charge in [0.05, 0.1) is 62.0 Å². The standard InChI is InChI=1S/C40H46N4O17/c1-5-40(27-17-29-31-25(16-24-8-6-7-9-28(24)43-31)18-44(29)35(48)26(27)19-56-37(40)49)61-39(51)42-10-11-52-12-13-53-14-15-54-36-34(58-23(4)47)33(60-38(41)50)32(57-22(3)46)30(59-36)20-55-21(2)45/h6-9,16-17,30,32-34,36H,5,10-15,18-20H2,1-4H3,(H2,41,50)(H,42,51)/t30-,32-,33+,34+,36-,40+/m1/s1. The first kappa shape index (κ1) is 44.4. The third-order valence-electron chi connectivity index (χ3n) is 9.95. The monoisotopic (exact) mass is 854 g/mol. The zero-order valence-corrected chi connectivity index (χ0v) is 33.8. The van der Waals surface area contributed by atoms with Gasteiger partial charge in [0, 0.05) is 43.8 Å². The van der Waals surface area contributed by atoms with Crippen LogP contribution in [0.1, 0.15) is 50.8 Å². The molecule has 61 heavy (non-hydrogen) atoms. The number of amides is 2. The van der Waals surface area contributed by atoms with Gasteiger partial charge in [0.25, 0.3) is 5.56 Å². The largest absolute Gasteiger partial charge is 0.463 e. The molecular formula is C40H46N4O17. The zero-order valence-electron chi connectivity index (χ0n) is 33.8. The van der Waals surface area contributed by atoms with E-state index in [9.17, 15) is 33.6 Å². The van der Waals surface area contributed by atoms with Gasteiger partial charge in [0.15, 0.2) is 24.6 Å². The summed E-state index contributed by atoms with van der Waals surface area (Å²) < 4.78 is 56.2. The summed E-state index contributed by atoms with van der Waals surface area (Å²) in [4.78, 5) is 92.2. The number of hydrogen-bond acceptors (Lipinski definition) is 18. The van der Waals surface area contributed by atoms with Gasteiger partial charge in [0.1, 0.15) is 19.3 Å². The fourth-order valence-electron chi connectivity index (χ4n) is 7.31. The molecule has 5 heterocycles. The van der Waals surface area contributed by atoms with E-state index in [1.807, 2.05) is 30.3 Å². The minimum atomic E-state index is -1.88. The van der Waals surface area contributed by atoms with E-state index in [1.165, 1.54) is 0 Å². The fraction of sp³-hybridized carbons (Fsp3) is 0.500. The Morgan fingerprint density at radius 1 is 0.902 bits per heavy atom. The average Bonchev–Trinajstić information content (AvgIpc) is 3.57. The van der Waals surface area contributed by atoms with Crippen molar-refractivity contribution in [3.63, 3.8) is 0 Å². The number of nitrogens with one attached hydrogen (secondary N) is 1. The number of para-hydroxylation sites is 1. The normalized spacial score (nSPS) is 22.5. The lowest BCUT2D eigenvalue weighted by Crippen LogP contribution is -2.63. The van der Waals surface area contributed by atoms with Crippen LogP contribution in [0.2, 0.25) is 0 Å². The Morgan fingerprint density at radius 2 is 1.61 bits per heavy atom. The number of carbonyl (C=O) groups is 6. The highest BCUT2D eigenvalue weighted by molar-refractivity contribution is 5.88. The number of benzene rings is 1. The van der Waals surface area contributed by atoms with E-state index in [-0.39, 0.29) is 69.3 Å². The number of carbonyl (C=O) groups excluding carboxylic acids is 6. The molecule has 0 saturated carbocycles. The van der Waals surface area contributed by atoms with Crippen LogP contribution < -0.4 is 16.6 Å². The van der Waals surface area contributed by atoms with Crippen molar-refractivity contribution in [3.05, 3.63) is 63.4 Å². The van der Waals surface area contributed by atoms with Crippen LogP contribution in [0.3, 0.4) is 0 Å². The van der Waals surface area contributed by atoms with Crippen molar-refractivity contribution in [3.8, 4) is 11.4 Å². The van der Waals surface area contributed by atoms with E-state index in [4.69, 9.17) is 58.1 Å². The number of aromatic nitrogens is 2. The number of ether oxygens (including phenoxy) is 10. The molecule has 0 radical (unpaired) electrons. The van der Waals surface area contributed by atoms with Crippen LogP contribution in [0.4, 0.5) is 9.59 Å². The maximum absolute atomic E-state index is 13.8. The minimum absolute atomic E-state index is 0.00516. The van der Waals surface area contributed by atoms with Crippen molar-refractivity contribution < 1.29 is 76.1 Å². The van der Waals surface area contributed by atoms with Crippen molar-refractivity contribution in [1.82, 2.24) is 14.9 Å². The molecule has 3 aliphatic rings. The van der Waals surface area contributed by atoms with Gasteiger partial charge in [-0.05, 0) is 24.6 Å². The molecule has 0 aliphatic carbocycles. The summed E-state index contributed by atoms with van der Waals surface area (Å²) in [5.41, 5.74) is 6.21. The minimum Gasteiger partial charge on any atom is -0.463 e. The Labute approximate surface area is 347 Å². The quantitative estimate of drug-likeness (QED) is 0.0865. The highest BCUT2D eigenvalue weighted by Crippen LogP contribution is 2.41. The van der Waals surface area contributed by atoms with E-state index in [1.54, 1.807) is 17.6 Å². The van der Waals surface area contributed by atoms with Crippen LogP contribution in [0, 0.1) is 0 Å². The first-order valence-corrected chi connectivity index (χ1v) is 19.4.